The summed E-state index contributed by atoms with van der Waals surface area (Å²) >= 11 is 1.22. The first-order chi connectivity index (χ1) is 13.5. The van der Waals surface area contributed by atoms with Crippen molar-refractivity contribution in [2.75, 3.05) is 13.1 Å². The molecule has 2 aromatic carbocycles. The monoisotopic (exact) mass is 421 g/mol. The maximum Gasteiger partial charge on any atom is 0.277 e. The maximum absolute atomic E-state index is 13.7. The molecule has 0 bridgehead atoms. The van der Waals surface area contributed by atoms with Gasteiger partial charge in [-0.05, 0) is 29.8 Å². The minimum absolute atomic E-state index is 0.174. The summed E-state index contributed by atoms with van der Waals surface area (Å²) in [6, 6.07) is 12.9. The van der Waals surface area contributed by atoms with E-state index in [1.54, 1.807) is 50.2 Å². The second-order valence-electron chi connectivity index (χ2n) is 5.87. The molecule has 28 heavy (non-hydrogen) atoms. The van der Waals surface area contributed by atoms with Crippen molar-refractivity contribution in [3.05, 3.63) is 59.9 Å². The molecule has 0 N–H and O–H groups in total. The van der Waals surface area contributed by atoms with Crippen molar-refractivity contribution >= 4 is 21.8 Å². The summed E-state index contributed by atoms with van der Waals surface area (Å²) in [5.74, 6) is 0.279. The van der Waals surface area contributed by atoms with Gasteiger partial charge < -0.3 is 4.42 Å². The molecule has 0 saturated heterocycles. The van der Waals surface area contributed by atoms with Crippen LogP contribution in [0.15, 0.2) is 63.1 Å². The van der Waals surface area contributed by atoms with E-state index in [9.17, 15) is 12.8 Å². The number of hydrogen-bond acceptors (Lipinski definition) is 6. The van der Waals surface area contributed by atoms with E-state index in [1.807, 2.05) is 0 Å². The number of benzene rings is 2. The van der Waals surface area contributed by atoms with E-state index < -0.39 is 10.0 Å². The third kappa shape index (κ3) is 4.43. The van der Waals surface area contributed by atoms with Gasteiger partial charge in [-0.2, -0.15) is 4.31 Å². The van der Waals surface area contributed by atoms with Gasteiger partial charge in [0.25, 0.3) is 5.22 Å². The first kappa shape index (κ1) is 20.5. The van der Waals surface area contributed by atoms with Crippen molar-refractivity contribution in [2.45, 2.75) is 29.7 Å². The summed E-state index contributed by atoms with van der Waals surface area (Å²) in [5, 5.41) is 8.24. The summed E-state index contributed by atoms with van der Waals surface area (Å²) in [7, 11) is -3.58. The Morgan fingerprint density at radius 1 is 1.07 bits per heavy atom. The fourth-order valence-electron chi connectivity index (χ4n) is 2.64. The smallest absolute Gasteiger partial charge is 0.277 e. The van der Waals surface area contributed by atoms with Crippen LogP contribution in [0.25, 0.3) is 11.5 Å². The molecular weight excluding hydrogens is 401 g/mol. The largest absolute Gasteiger partial charge is 0.411 e. The van der Waals surface area contributed by atoms with Crippen molar-refractivity contribution in [3.63, 3.8) is 0 Å². The first-order valence-corrected chi connectivity index (χ1v) is 11.2. The number of nitrogens with zero attached hydrogens (tertiary/aromatic N) is 3. The van der Waals surface area contributed by atoms with Crippen LogP contribution >= 0.6 is 11.8 Å². The van der Waals surface area contributed by atoms with Crippen molar-refractivity contribution in [2.24, 2.45) is 0 Å². The van der Waals surface area contributed by atoms with Gasteiger partial charge in [0, 0.05) is 24.4 Å². The van der Waals surface area contributed by atoms with Crippen molar-refractivity contribution in [1.82, 2.24) is 14.5 Å². The second-order valence-corrected chi connectivity index (χ2v) is 8.73. The van der Waals surface area contributed by atoms with E-state index in [1.165, 1.54) is 28.2 Å². The molecule has 0 fully saturated rings. The van der Waals surface area contributed by atoms with E-state index in [2.05, 4.69) is 10.2 Å². The third-order valence-electron chi connectivity index (χ3n) is 4.14. The number of thioether (sulfide) groups is 1. The Bertz CT molecular complexity index is 1050. The first-order valence-electron chi connectivity index (χ1n) is 8.76. The maximum atomic E-state index is 13.7. The van der Waals surface area contributed by atoms with Crippen LogP contribution in [0.1, 0.15) is 19.4 Å². The van der Waals surface area contributed by atoms with Crippen LogP contribution in [0.2, 0.25) is 0 Å². The summed E-state index contributed by atoms with van der Waals surface area (Å²) in [6.45, 7) is 4.37. The normalized spacial score (nSPS) is 11.9. The Kier molecular flexibility index (Phi) is 6.48. The predicted octanol–water partition coefficient (Wildman–Crippen LogP) is 4.20. The third-order valence-corrected chi connectivity index (χ3v) is 7.05. The number of hydrogen-bond donors (Lipinski definition) is 0. The Hall–Kier alpha value is -2.23. The Labute approximate surface area is 167 Å². The van der Waals surface area contributed by atoms with Crippen LogP contribution in [-0.4, -0.2) is 36.0 Å². The van der Waals surface area contributed by atoms with Gasteiger partial charge in [-0.25, -0.2) is 12.8 Å². The zero-order valence-electron chi connectivity index (χ0n) is 15.5. The quantitative estimate of drug-likeness (QED) is 0.508. The number of rotatable bonds is 8. The molecule has 0 aliphatic carbocycles. The molecule has 1 aromatic heterocycles. The lowest BCUT2D eigenvalue weighted by Crippen LogP contribution is -2.30. The fourth-order valence-corrected chi connectivity index (χ4v) is 4.90. The summed E-state index contributed by atoms with van der Waals surface area (Å²) in [6.07, 6.45) is 0. The molecular formula is C19H20FN3O3S2. The molecule has 0 saturated carbocycles. The Morgan fingerprint density at radius 3 is 2.54 bits per heavy atom. The molecule has 0 spiro atoms. The number of halogens is 1. The van der Waals surface area contributed by atoms with Gasteiger partial charge in [-0.3, -0.25) is 0 Å². The summed E-state index contributed by atoms with van der Waals surface area (Å²) < 4.78 is 46.1. The van der Waals surface area contributed by atoms with Crippen LogP contribution in [0.3, 0.4) is 0 Å². The van der Waals surface area contributed by atoms with E-state index in [4.69, 9.17) is 4.42 Å². The lowest BCUT2D eigenvalue weighted by Gasteiger charge is -2.18. The number of sulfonamides is 1. The van der Waals surface area contributed by atoms with Crippen LogP contribution in [-0.2, 0) is 15.8 Å². The van der Waals surface area contributed by atoms with Crippen molar-refractivity contribution in [3.8, 4) is 11.5 Å². The van der Waals surface area contributed by atoms with Crippen LogP contribution in [0, 0.1) is 5.82 Å². The minimum atomic E-state index is -3.58. The highest BCUT2D eigenvalue weighted by Crippen LogP contribution is 2.28. The Morgan fingerprint density at radius 2 is 1.82 bits per heavy atom. The lowest BCUT2D eigenvalue weighted by molar-refractivity contribution is 0.445. The average molecular weight is 422 g/mol. The van der Waals surface area contributed by atoms with E-state index in [0.717, 1.165) is 0 Å². The highest BCUT2D eigenvalue weighted by atomic mass is 32.2. The molecule has 0 atom stereocenters. The topological polar surface area (TPSA) is 76.3 Å². The minimum Gasteiger partial charge on any atom is -0.411 e. The molecule has 0 aliphatic heterocycles. The lowest BCUT2D eigenvalue weighted by atomic mass is 10.2. The Balaban J connectivity index is 1.79. The van der Waals surface area contributed by atoms with Crippen LogP contribution in [0.5, 0.6) is 0 Å². The molecule has 0 aliphatic rings. The zero-order chi connectivity index (χ0) is 20.1. The molecule has 3 aromatic rings. The van der Waals surface area contributed by atoms with Gasteiger partial charge in [-0.15, -0.1) is 10.2 Å². The molecule has 9 heteroatoms. The van der Waals surface area contributed by atoms with Crippen LogP contribution < -0.4 is 0 Å². The standard InChI is InChI=1S/C19H20FN3O3S2/c1-3-23(4-2)28(24,25)16-10-7-9-14(12-16)18-21-22-19(26-18)27-13-15-8-5-6-11-17(15)20/h5-12H,3-4,13H2,1-2H3. The molecule has 6 nitrogen and oxygen atoms in total. The zero-order valence-corrected chi connectivity index (χ0v) is 17.1. The highest BCUT2D eigenvalue weighted by Gasteiger charge is 2.22. The molecule has 0 amide bonds. The van der Waals surface area contributed by atoms with E-state index in [-0.39, 0.29) is 21.8 Å². The van der Waals surface area contributed by atoms with Gasteiger partial charge >= 0.3 is 0 Å². The van der Waals surface area contributed by atoms with Crippen LogP contribution in [0.4, 0.5) is 4.39 Å². The average Bonchev–Trinajstić information content (AvgIpc) is 3.17. The van der Waals surface area contributed by atoms with Crippen molar-refractivity contribution < 1.29 is 17.2 Å². The summed E-state index contributed by atoms with van der Waals surface area (Å²) in [4.78, 5) is 0.174. The number of aromatic nitrogens is 2. The molecule has 3 rings (SSSR count). The predicted molar refractivity (Wildman–Crippen MR) is 106 cm³/mol. The summed E-state index contributed by atoms with van der Waals surface area (Å²) in [5.41, 5.74) is 1.05. The molecule has 1 heterocycles. The second kappa shape index (κ2) is 8.85. The SMILES string of the molecule is CCN(CC)S(=O)(=O)c1cccc(-c2nnc(SCc3ccccc3F)o2)c1. The molecule has 148 valence electrons. The fraction of sp³-hybridized carbons (Fsp3) is 0.263. The van der Waals surface area contributed by atoms with E-state index >= 15 is 0 Å². The van der Waals surface area contributed by atoms with Gasteiger partial charge in [0.05, 0.1) is 4.90 Å². The van der Waals surface area contributed by atoms with Gasteiger partial charge in [0.2, 0.25) is 15.9 Å². The van der Waals surface area contributed by atoms with Gasteiger partial charge in [0.15, 0.2) is 0 Å². The van der Waals surface area contributed by atoms with Crippen molar-refractivity contribution in [1.29, 1.82) is 0 Å². The molecule has 0 radical (unpaired) electrons. The van der Waals surface area contributed by atoms with Gasteiger partial charge in [0.1, 0.15) is 5.82 Å². The highest BCUT2D eigenvalue weighted by molar-refractivity contribution is 7.98. The molecule has 0 unspecified atom stereocenters. The van der Waals surface area contributed by atoms with E-state index in [0.29, 0.717) is 30.0 Å². The van der Waals surface area contributed by atoms with Gasteiger partial charge in [-0.1, -0.05) is 49.9 Å².